The Kier molecular flexibility index (Phi) is 5.85. The zero-order valence-corrected chi connectivity index (χ0v) is 17.7. The Hall–Kier alpha value is -3.13. The molecule has 3 aromatic rings. The number of carbonyl (C=O) groups excluding carboxylic acids is 1. The standard InChI is InChI=1S/C22H24N4O3S/c1-29-17-6-4-5-16(15-17)24-11-13-25(14-12-24)20(27)9-10-26-21(28)18-7-2-3-8-19(18)23-22(26)30/h2-8,15H,9-14H2,1H3,(H,23,30). The Balaban J connectivity index is 1.38. The van der Waals surface area contributed by atoms with Crippen molar-refractivity contribution >= 4 is 34.7 Å². The number of amides is 1. The Morgan fingerprint density at radius 2 is 1.87 bits per heavy atom. The first kappa shape index (κ1) is 20.2. The van der Waals surface area contributed by atoms with Crippen LogP contribution in [0.1, 0.15) is 6.42 Å². The summed E-state index contributed by atoms with van der Waals surface area (Å²) in [5.74, 6) is 0.859. The number of hydrogen-bond acceptors (Lipinski definition) is 5. The molecule has 0 spiro atoms. The number of fused-ring (bicyclic) bond motifs is 1. The molecular formula is C22H24N4O3S. The number of ether oxygens (including phenoxy) is 1. The second kappa shape index (κ2) is 8.71. The van der Waals surface area contributed by atoms with Crippen molar-refractivity contribution in [1.82, 2.24) is 14.5 Å². The van der Waals surface area contributed by atoms with Crippen molar-refractivity contribution in [2.75, 3.05) is 38.2 Å². The number of para-hydroxylation sites is 1. The molecule has 1 fully saturated rings. The number of hydrogen-bond donors (Lipinski definition) is 1. The lowest BCUT2D eigenvalue weighted by Crippen LogP contribution is -2.49. The predicted octanol–water partition coefficient (Wildman–Crippen LogP) is 2.81. The number of aromatic amines is 1. The maximum atomic E-state index is 12.7. The van der Waals surface area contributed by atoms with Crippen LogP contribution in [-0.4, -0.2) is 53.6 Å². The maximum Gasteiger partial charge on any atom is 0.262 e. The molecule has 0 radical (unpaired) electrons. The Morgan fingerprint density at radius 3 is 2.63 bits per heavy atom. The molecule has 2 heterocycles. The molecule has 0 saturated carbocycles. The van der Waals surface area contributed by atoms with Gasteiger partial charge in [-0.15, -0.1) is 0 Å². The molecule has 1 amide bonds. The number of aromatic nitrogens is 2. The number of methoxy groups -OCH3 is 1. The number of rotatable bonds is 5. The highest BCUT2D eigenvalue weighted by Gasteiger charge is 2.21. The van der Waals surface area contributed by atoms with Gasteiger partial charge in [-0.05, 0) is 36.5 Å². The molecule has 8 heteroatoms. The molecule has 2 aromatic carbocycles. The van der Waals surface area contributed by atoms with Gasteiger partial charge < -0.3 is 19.5 Å². The third kappa shape index (κ3) is 4.09. The fourth-order valence-electron chi connectivity index (χ4n) is 3.79. The molecule has 1 aliphatic heterocycles. The van der Waals surface area contributed by atoms with Crippen molar-refractivity contribution in [2.45, 2.75) is 13.0 Å². The smallest absolute Gasteiger partial charge is 0.262 e. The number of benzene rings is 2. The fourth-order valence-corrected chi connectivity index (χ4v) is 4.07. The summed E-state index contributed by atoms with van der Waals surface area (Å²) in [7, 11) is 1.66. The first-order chi connectivity index (χ1) is 14.6. The topological polar surface area (TPSA) is 70.6 Å². The van der Waals surface area contributed by atoms with Crippen LogP contribution in [0.25, 0.3) is 10.9 Å². The van der Waals surface area contributed by atoms with E-state index < -0.39 is 0 Å². The van der Waals surface area contributed by atoms with Crippen LogP contribution in [-0.2, 0) is 11.3 Å². The van der Waals surface area contributed by atoms with Gasteiger partial charge in [-0.2, -0.15) is 0 Å². The van der Waals surface area contributed by atoms with Crippen LogP contribution in [0.5, 0.6) is 5.75 Å². The van der Waals surface area contributed by atoms with Gasteiger partial charge in [-0.3, -0.25) is 14.2 Å². The Labute approximate surface area is 179 Å². The van der Waals surface area contributed by atoms with Crippen LogP contribution in [0.15, 0.2) is 53.3 Å². The second-order valence-electron chi connectivity index (χ2n) is 7.25. The van der Waals surface area contributed by atoms with Crippen molar-refractivity contribution in [3.05, 3.63) is 63.7 Å². The summed E-state index contributed by atoms with van der Waals surface area (Å²) >= 11 is 5.33. The predicted molar refractivity (Wildman–Crippen MR) is 120 cm³/mol. The summed E-state index contributed by atoms with van der Waals surface area (Å²) in [5, 5.41) is 0.574. The molecule has 1 aliphatic rings. The van der Waals surface area contributed by atoms with Gasteiger partial charge in [0.25, 0.3) is 5.56 Å². The average Bonchev–Trinajstić information content (AvgIpc) is 2.79. The SMILES string of the molecule is COc1cccc(N2CCN(C(=O)CCn3c(=S)[nH]c4ccccc4c3=O)CC2)c1. The third-order valence-electron chi connectivity index (χ3n) is 5.49. The lowest BCUT2D eigenvalue weighted by atomic mass is 10.2. The van der Waals surface area contributed by atoms with Crippen LogP contribution in [0.2, 0.25) is 0 Å². The number of H-pyrrole nitrogens is 1. The second-order valence-corrected chi connectivity index (χ2v) is 7.64. The van der Waals surface area contributed by atoms with Gasteiger partial charge in [0.2, 0.25) is 5.91 Å². The summed E-state index contributed by atoms with van der Waals surface area (Å²) in [6.07, 6.45) is 0.245. The fraction of sp³-hybridized carbons (Fsp3) is 0.318. The molecule has 0 bridgehead atoms. The number of piperazine rings is 1. The highest BCUT2D eigenvalue weighted by molar-refractivity contribution is 7.71. The number of carbonyl (C=O) groups is 1. The molecule has 1 N–H and O–H groups in total. The molecule has 1 saturated heterocycles. The van der Waals surface area contributed by atoms with Crippen molar-refractivity contribution in [3.63, 3.8) is 0 Å². The van der Waals surface area contributed by atoms with Gasteiger partial charge in [0, 0.05) is 50.9 Å². The van der Waals surface area contributed by atoms with E-state index in [4.69, 9.17) is 17.0 Å². The van der Waals surface area contributed by atoms with E-state index in [1.54, 1.807) is 13.2 Å². The molecule has 0 aliphatic carbocycles. The summed E-state index contributed by atoms with van der Waals surface area (Å²) < 4.78 is 7.11. The largest absolute Gasteiger partial charge is 0.497 e. The lowest BCUT2D eigenvalue weighted by Gasteiger charge is -2.36. The number of anilines is 1. The molecule has 0 atom stereocenters. The minimum Gasteiger partial charge on any atom is -0.497 e. The summed E-state index contributed by atoms with van der Waals surface area (Å²) in [5.41, 5.74) is 1.64. The molecule has 4 rings (SSSR count). The van der Waals surface area contributed by atoms with Gasteiger partial charge in [-0.1, -0.05) is 18.2 Å². The van der Waals surface area contributed by atoms with Crippen LogP contribution in [0, 0.1) is 4.77 Å². The maximum absolute atomic E-state index is 12.7. The molecule has 0 unspecified atom stereocenters. The number of nitrogens with zero attached hydrogens (tertiary/aromatic N) is 3. The van der Waals surface area contributed by atoms with E-state index >= 15 is 0 Å². The Morgan fingerprint density at radius 1 is 1.10 bits per heavy atom. The molecule has 7 nitrogen and oxygen atoms in total. The van der Waals surface area contributed by atoms with Gasteiger partial charge in [0.1, 0.15) is 5.75 Å². The van der Waals surface area contributed by atoms with Crippen LogP contribution in [0.3, 0.4) is 0 Å². The zero-order valence-electron chi connectivity index (χ0n) is 16.8. The van der Waals surface area contributed by atoms with Gasteiger partial charge in [-0.25, -0.2) is 0 Å². The van der Waals surface area contributed by atoms with E-state index in [-0.39, 0.29) is 24.4 Å². The minimum absolute atomic E-state index is 0.0368. The summed E-state index contributed by atoms with van der Waals surface area (Å²) in [4.78, 5) is 32.6. The monoisotopic (exact) mass is 424 g/mol. The molecule has 156 valence electrons. The van der Waals surface area contributed by atoms with Crippen LogP contribution in [0.4, 0.5) is 5.69 Å². The van der Waals surface area contributed by atoms with E-state index in [1.165, 1.54) is 4.57 Å². The van der Waals surface area contributed by atoms with Gasteiger partial charge in [0.05, 0.1) is 18.0 Å². The lowest BCUT2D eigenvalue weighted by molar-refractivity contribution is -0.131. The summed E-state index contributed by atoms with van der Waals surface area (Å²) in [6, 6.07) is 15.2. The van der Waals surface area contributed by atoms with Crippen molar-refractivity contribution < 1.29 is 9.53 Å². The van der Waals surface area contributed by atoms with E-state index in [1.807, 2.05) is 47.4 Å². The number of nitrogens with one attached hydrogen (secondary N) is 1. The van der Waals surface area contributed by atoms with E-state index in [0.717, 1.165) is 24.5 Å². The Bertz CT molecular complexity index is 1180. The first-order valence-electron chi connectivity index (χ1n) is 9.95. The van der Waals surface area contributed by atoms with E-state index in [0.29, 0.717) is 28.8 Å². The highest BCUT2D eigenvalue weighted by Crippen LogP contribution is 2.22. The highest BCUT2D eigenvalue weighted by atomic mass is 32.1. The molecular weight excluding hydrogens is 400 g/mol. The van der Waals surface area contributed by atoms with E-state index in [9.17, 15) is 9.59 Å². The van der Waals surface area contributed by atoms with Crippen molar-refractivity contribution in [3.8, 4) is 5.75 Å². The van der Waals surface area contributed by atoms with Crippen LogP contribution >= 0.6 is 12.2 Å². The van der Waals surface area contributed by atoms with Crippen molar-refractivity contribution in [1.29, 1.82) is 0 Å². The zero-order chi connectivity index (χ0) is 21.1. The third-order valence-corrected chi connectivity index (χ3v) is 5.81. The van der Waals surface area contributed by atoms with E-state index in [2.05, 4.69) is 9.88 Å². The first-order valence-corrected chi connectivity index (χ1v) is 10.4. The van der Waals surface area contributed by atoms with Crippen molar-refractivity contribution in [2.24, 2.45) is 0 Å². The quantitative estimate of drug-likeness (QED) is 0.638. The molecule has 30 heavy (non-hydrogen) atoms. The molecule has 1 aromatic heterocycles. The summed E-state index contributed by atoms with van der Waals surface area (Å²) in [6.45, 7) is 3.09. The normalized spacial score (nSPS) is 14.2. The minimum atomic E-state index is -0.162. The van der Waals surface area contributed by atoms with Gasteiger partial charge in [0.15, 0.2) is 4.77 Å². The average molecular weight is 425 g/mol. The van der Waals surface area contributed by atoms with Gasteiger partial charge >= 0.3 is 0 Å². The van der Waals surface area contributed by atoms with Crippen LogP contribution < -0.4 is 15.2 Å².